The quantitative estimate of drug-likeness (QED) is 0.567. The molecule has 28 heavy (non-hydrogen) atoms. The Bertz CT molecular complexity index is 796. The summed E-state index contributed by atoms with van der Waals surface area (Å²) < 4.78 is 20.4. The fourth-order valence-electron chi connectivity index (χ4n) is 2.58. The minimum atomic E-state index is -0.814. The Hall–Kier alpha value is -3.10. The highest BCUT2D eigenvalue weighted by Gasteiger charge is 2.41. The van der Waals surface area contributed by atoms with Crippen molar-refractivity contribution in [3.8, 4) is 11.5 Å². The van der Waals surface area contributed by atoms with Gasteiger partial charge >= 0.3 is 24.1 Å². The topological polar surface area (TPSA) is 108 Å². The van der Waals surface area contributed by atoms with Crippen LogP contribution in [0.5, 0.6) is 11.5 Å². The second-order valence-corrected chi connectivity index (χ2v) is 7.24. The minimum absolute atomic E-state index is 0.0245. The standard InChI is InChI=1S/C19H23NO8/c1-11(21)26-15-7-6-13(16(9-15)27-12(2)22)8-14-10-25-17(23)20(14)18(24)28-19(3,4)5/h6-7,9,14H,8,10H2,1-5H3/t14-/m0/s1. The molecule has 0 N–H and O–H groups in total. The molecule has 2 amide bonds. The molecule has 1 aliphatic heterocycles. The van der Waals surface area contributed by atoms with E-state index in [1.165, 1.54) is 26.0 Å². The van der Waals surface area contributed by atoms with Gasteiger partial charge in [-0.05, 0) is 32.4 Å². The Morgan fingerprint density at radius 1 is 1.14 bits per heavy atom. The monoisotopic (exact) mass is 393 g/mol. The molecule has 0 radical (unpaired) electrons. The third-order valence-electron chi connectivity index (χ3n) is 3.56. The molecule has 152 valence electrons. The van der Waals surface area contributed by atoms with Crippen LogP contribution in [0.4, 0.5) is 9.59 Å². The Morgan fingerprint density at radius 2 is 1.79 bits per heavy atom. The highest BCUT2D eigenvalue weighted by Crippen LogP contribution is 2.29. The van der Waals surface area contributed by atoms with Crippen LogP contribution >= 0.6 is 0 Å². The molecular weight excluding hydrogens is 370 g/mol. The third-order valence-corrected chi connectivity index (χ3v) is 3.56. The number of amides is 2. The van der Waals surface area contributed by atoms with Crippen LogP contribution in [0.1, 0.15) is 40.2 Å². The number of imide groups is 1. The molecule has 0 bridgehead atoms. The van der Waals surface area contributed by atoms with Crippen molar-refractivity contribution in [3.05, 3.63) is 23.8 Å². The first-order chi connectivity index (χ1) is 13.0. The summed E-state index contributed by atoms with van der Waals surface area (Å²) in [5, 5.41) is 0. The highest BCUT2D eigenvalue weighted by molar-refractivity contribution is 5.89. The summed E-state index contributed by atoms with van der Waals surface area (Å²) in [5.41, 5.74) is -0.248. The number of carbonyl (C=O) groups is 4. The maximum Gasteiger partial charge on any atom is 0.420 e. The second-order valence-electron chi connectivity index (χ2n) is 7.24. The predicted molar refractivity (Wildman–Crippen MR) is 96.0 cm³/mol. The van der Waals surface area contributed by atoms with Crippen molar-refractivity contribution in [1.82, 2.24) is 4.90 Å². The number of benzene rings is 1. The fraction of sp³-hybridized carbons (Fsp3) is 0.474. The summed E-state index contributed by atoms with van der Waals surface area (Å²) in [6.07, 6.45) is -1.45. The van der Waals surface area contributed by atoms with Crippen molar-refractivity contribution in [2.75, 3.05) is 6.61 Å². The number of nitrogens with zero attached hydrogens (tertiary/aromatic N) is 1. The molecule has 0 aromatic heterocycles. The molecule has 0 aliphatic carbocycles. The lowest BCUT2D eigenvalue weighted by atomic mass is 10.0. The van der Waals surface area contributed by atoms with Gasteiger partial charge in [-0.25, -0.2) is 14.5 Å². The van der Waals surface area contributed by atoms with Gasteiger partial charge in [-0.15, -0.1) is 0 Å². The molecule has 0 saturated carbocycles. The largest absolute Gasteiger partial charge is 0.447 e. The lowest BCUT2D eigenvalue weighted by molar-refractivity contribution is -0.132. The first kappa shape index (κ1) is 21.2. The van der Waals surface area contributed by atoms with Crippen molar-refractivity contribution in [1.29, 1.82) is 0 Å². The zero-order valence-electron chi connectivity index (χ0n) is 16.4. The molecule has 1 aromatic carbocycles. The van der Waals surface area contributed by atoms with Gasteiger partial charge in [0.1, 0.15) is 23.7 Å². The van der Waals surface area contributed by atoms with Crippen LogP contribution < -0.4 is 9.47 Å². The average Bonchev–Trinajstić information content (AvgIpc) is 2.87. The Labute approximate surface area is 162 Å². The first-order valence-corrected chi connectivity index (χ1v) is 8.65. The summed E-state index contributed by atoms with van der Waals surface area (Å²) in [4.78, 5) is 47.8. The highest BCUT2D eigenvalue weighted by atomic mass is 16.6. The number of cyclic esters (lactones) is 1. The molecule has 0 unspecified atom stereocenters. The fourth-order valence-corrected chi connectivity index (χ4v) is 2.58. The third kappa shape index (κ3) is 5.70. The molecule has 1 fully saturated rings. The molecule has 9 heteroatoms. The molecule has 1 atom stereocenters. The Balaban J connectivity index is 2.26. The lowest BCUT2D eigenvalue weighted by Crippen LogP contribution is -2.43. The summed E-state index contributed by atoms with van der Waals surface area (Å²) in [5.74, 6) is -0.721. The SMILES string of the molecule is CC(=O)Oc1ccc(C[C@H]2COC(=O)N2C(=O)OC(C)(C)C)c(OC(C)=O)c1. The van der Waals surface area contributed by atoms with E-state index in [1.807, 2.05) is 0 Å². The van der Waals surface area contributed by atoms with E-state index in [0.717, 1.165) is 4.90 Å². The van der Waals surface area contributed by atoms with E-state index >= 15 is 0 Å². The van der Waals surface area contributed by atoms with Gasteiger partial charge < -0.3 is 18.9 Å². The molecule has 9 nitrogen and oxygen atoms in total. The van der Waals surface area contributed by atoms with Crippen LogP contribution in [0.3, 0.4) is 0 Å². The number of ether oxygens (including phenoxy) is 4. The van der Waals surface area contributed by atoms with Gasteiger partial charge in [0.2, 0.25) is 0 Å². The van der Waals surface area contributed by atoms with E-state index in [9.17, 15) is 19.2 Å². The zero-order chi connectivity index (χ0) is 21.1. The van der Waals surface area contributed by atoms with E-state index in [2.05, 4.69) is 0 Å². The number of rotatable bonds is 4. The molecule has 1 heterocycles. The van der Waals surface area contributed by atoms with Crippen LogP contribution in [-0.2, 0) is 25.5 Å². The van der Waals surface area contributed by atoms with Crippen LogP contribution in [-0.4, -0.2) is 47.3 Å². The van der Waals surface area contributed by atoms with E-state index < -0.39 is 35.8 Å². The minimum Gasteiger partial charge on any atom is -0.447 e. The van der Waals surface area contributed by atoms with Crippen LogP contribution in [0.25, 0.3) is 0 Å². The normalized spacial score (nSPS) is 16.4. The maximum absolute atomic E-state index is 12.4. The summed E-state index contributed by atoms with van der Waals surface area (Å²) in [6.45, 7) is 7.52. The van der Waals surface area contributed by atoms with Crippen LogP contribution in [0.15, 0.2) is 18.2 Å². The van der Waals surface area contributed by atoms with Gasteiger partial charge in [0.05, 0.1) is 6.04 Å². The summed E-state index contributed by atoms with van der Waals surface area (Å²) in [7, 11) is 0. The van der Waals surface area contributed by atoms with Gasteiger partial charge in [0.15, 0.2) is 0 Å². The molecule has 2 rings (SSSR count). The number of carbonyl (C=O) groups excluding carboxylic acids is 4. The zero-order valence-corrected chi connectivity index (χ0v) is 16.4. The van der Waals surface area contributed by atoms with E-state index in [1.54, 1.807) is 26.8 Å². The number of hydrogen-bond acceptors (Lipinski definition) is 8. The van der Waals surface area contributed by atoms with Crippen molar-refractivity contribution in [2.24, 2.45) is 0 Å². The molecule has 1 saturated heterocycles. The van der Waals surface area contributed by atoms with Crippen molar-refractivity contribution in [3.63, 3.8) is 0 Å². The number of hydrogen-bond donors (Lipinski definition) is 0. The lowest BCUT2D eigenvalue weighted by Gasteiger charge is -2.25. The number of esters is 2. The van der Waals surface area contributed by atoms with E-state index in [0.29, 0.717) is 5.56 Å². The Morgan fingerprint density at radius 3 is 2.36 bits per heavy atom. The van der Waals surface area contributed by atoms with Crippen molar-refractivity contribution < 1.29 is 38.1 Å². The van der Waals surface area contributed by atoms with Crippen molar-refractivity contribution >= 4 is 24.1 Å². The van der Waals surface area contributed by atoms with Gasteiger partial charge in [0, 0.05) is 26.3 Å². The predicted octanol–water partition coefficient (Wildman–Crippen LogP) is 2.84. The molecule has 1 aliphatic rings. The van der Waals surface area contributed by atoms with E-state index in [-0.39, 0.29) is 24.5 Å². The van der Waals surface area contributed by atoms with Crippen molar-refractivity contribution in [2.45, 2.75) is 52.7 Å². The smallest absolute Gasteiger partial charge is 0.420 e. The van der Waals surface area contributed by atoms with Crippen LogP contribution in [0.2, 0.25) is 0 Å². The molecule has 1 aromatic rings. The maximum atomic E-state index is 12.4. The second kappa shape index (κ2) is 8.28. The summed E-state index contributed by atoms with van der Waals surface area (Å²) in [6, 6.07) is 3.87. The van der Waals surface area contributed by atoms with Gasteiger partial charge in [0.25, 0.3) is 0 Å². The average molecular weight is 393 g/mol. The van der Waals surface area contributed by atoms with E-state index in [4.69, 9.17) is 18.9 Å². The Kier molecular flexibility index (Phi) is 6.27. The first-order valence-electron chi connectivity index (χ1n) is 8.65. The van der Waals surface area contributed by atoms with Gasteiger partial charge in [-0.2, -0.15) is 0 Å². The molecule has 0 spiro atoms. The van der Waals surface area contributed by atoms with Gasteiger partial charge in [-0.1, -0.05) is 6.07 Å². The molecular formula is C19H23NO8. The summed E-state index contributed by atoms with van der Waals surface area (Å²) >= 11 is 0. The van der Waals surface area contributed by atoms with Gasteiger partial charge in [-0.3, -0.25) is 9.59 Å². The van der Waals surface area contributed by atoms with Crippen LogP contribution in [0, 0.1) is 0 Å².